The molecule has 4 nitrogen and oxygen atoms in total. The number of nitrogens with zero attached hydrogens (tertiary/aromatic N) is 1. The number of benzene rings is 1. The number of hydrogen-bond donors (Lipinski definition) is 1. The van der Waals surface area contributed by atoms with Gasteiger partial charge in [0.15, 0.2) is 0 Å². The number of anilines is 1. The fourth-order valence-electron chi connectivity index (χ4n) is 1.75. The lowest BCUT2D eigenvalue weighted by molar-refractivity contribution is 0.216. The van der Waals surface area contributed by atoms with E-state index in [9.17, 15) is 8.42 Å². The Labute approximate surface area is 138 Å². The topological polar surface area (TPSA) is 63.4 Å². The maximum absolute atomic E-state index is 12.8. The van der Waals surface area contributed by atoms with Gasteiger partial charge in [-0.05, 0) is 40.4 Å². The first-order valence-corrected chi connectivity index (χ1v) is 9.14. The first-order valence-electron chi connectivity index (χ1n) is 6.11. The maximum Gasteiger partial charge on any atom is 0.246 e. The molecule has 0 aliphatic rings. The Balaban J connectivity index is 3.39. The minimum Gasteiger partial charge on any atom is -0.398 e. The van der Waals surface area contributed by atoms with Gasteiger partial charge in [-0.1, -0.05) is 36.7 Å². The summed E-state index contributed by atoms with van der Waals surface area (Å²) in [5.74, 6) is 0. The minimum absolute atomic E-state index is 0.110. The molecule has 1 aromatic carbocycles. The normalized spacial score (nSPS) is 14.6. The van der Waals surface area contributed by atoms with Gasteiger partial charge in [-0.15, -0.1) is 0 Å². The van der Waals surface area contributed by atoms with Gasteiger partial charge in [0.25, 0.3) is 0 Å². The van der Waals surface area contributed by atoms with Gasteiger partial charge >= 0.3 is 0 Å². The van der Waals surface area contributed by atoms with Gasteiger partial charge in [0.05, 0.1) is 5.69 Å². The quantitative estimate of drug-likeness (QED) is 0.745. The lowest BCUT2D eigenvalue weighted by Crippen LogP contribution is -2.43. The lowest BCUT2D eigenvalue weighted by Gasteiger charge is -2.34. The Hall–Kier alpha value is -0.110. The number of nitrogen functional groups attached to an aromatic ring is 1. The summed E-state index contributed by atoms with van der Waals surface area (Å²) < 4.78 is 28.1. The molecule has 0 aromatic heterocycles. The summed E-state index contributed by atoms with van der Waals surface area (Å²) in [6, 6.07) is 3.11. The molecule has 7 heteroatoms. The zero-order valence-corrected chi connectivity index (χ0v) is 16.2. The fourth-order valence-corrected chi connectivity index (χ4v) is 5.30. The average Bonchev–Trinajstić information content (AvgIpc) is 2.23. The number of sulfonamides is 1. The first-order chi connectivity index (χ1) is 8.89. The van der Waals surface area contributed by atoms with Crippen LogP contribution in [0.4, 0.5) is 5.69 Å². The van der Waals surface area contributed by atoms with E-state index in [1.165, 1.54) is 4.31 Å². The third-order valence-corrected chi connectivity index (χ3v) is 6.86. The molecule has 0 aliphatic carbocycles. The van der Waals surface area contributed by atoms with Crippen molar-refractivity contribution in [2.24, 2.45) is 5.41 Å². The van der Waals surface area contributed by atoms with Crippen LogP contribution in [0.15, 0.2) is 26.0 Å². The molecule has 0 saturated carbocycles. The summed E-state index contributed by atoms with van der Waals surface area (Å²) >= 11 is 6.58. The van der Waals surface area contributed by atoms with Gasteiger partial charge in [0.2, 0.25) is 10.0 Å². The maximum atomic E-state index is 12.8. The molecule has 0 bridgehead atoms. The zero-order valence-electron chi connectivity index (χ0n) is 12.2. The SMILES string of the molecule is CC(N(C)S(=O)(=O)c1c(N)cc(Br)cc1Br)C(C)(C)C. The predicted octanol–water partition coefficient (Wildman–Crippen LogP) is 3.85. The molecular weight excluding hydrogens is 408 g/mol. The largest absolute Gasteiger partial charge is 0.398 e. The van der Waals surface area contributed by atoms with Crippen LogP contribution in [-0.2, 0) is 10.0 Å². The second-order valence-corrected chi connectivity index (χ2v) is 9.57. The number of nitrogens with two attached hydrogens (primary N) is 1. The van der Waals surface area contributed by atoms with Gasteiger partial charge in [0.1, 0.15) is 4.90 Å². The van der Waals surface area contributed by atoms with E-state index < -0.39 is 10.0 Å². The molecule has 2 N–H and O–H groups in total. The Morgan fingerprint density at radius 2 is 1.75 bits per heavy atom. The lowest BCUT2D eigenvalue weighted by atomic mass is 9.88. The minimum atomic E-state index is -3.66. The second kappa shape index (κ2) is 5.94. The van der Waals surface area contributed by atoms with Crippen LogP contribution in [0.3, 0.4) is 0 Å². The van der Waals surface area contributed by atoms with Crippen LogP contribution < -0.4 is 5.73 Å². The monoisotopic (exact) mass is 426 g/mol. The molecule has 0 radical (unpaired) electrons. The van der Waals surface area contributed by atoms with Crippen molar-refractivity contribution in [3.05, 3.63) is 21.1 Å². The highest BCUT2D eigenvalue weighted by Gasteiger charge is 2.34. The van der Waals surface area contributed by atoms with Crippen LogP contribution >= 0.6 is 31.9 Å². The highest BCUT2D eigenvalue weighted by atomic mass is 79.9. The van der Waals surface area contributed by atoms with Crippen molar-refractivity contribution in [2.75, 3.05) is 12.8 Å². The molecule has 0 saturated heterocycles. The summed E-state index contributed by atoms with van der Waals surface area (Å²) in [5, 5.41) is 0. The van der Waals surface area contributed by atoms with Gasteiger partial charge in [0, 0.05) is 22.0 Å². The molecule has 0 spiro atoms. The highest BCUT2D eigenvalue weighted by Crippen LogP contribution is 2.35. The van der Waals surface area contributed by atoms with Crippen LogP contribution in [0.5, 0.6) is 0 Å². The number of halogens is 2. The molecule has 1 aromatic rings. The highest BCUT2D eigenvalue weighted by molar-refractivity contribution is 9.11. The molecule has 0 aliphatic heterocycles. The smallest absolute Gasteiger partial charge is 0.246 e. The van der Waals surface area contributed by atoms with E-state index in [1.807, 2.05) is 27.7 Å². The third-order valence-electron chi connectivity index (χ3n) is 3.47. The molecular formula is C13H20Br2N2O2S. The van der Waals surface area contributed by atoms with E-state index in [4.69, 9.17) is 5.73 Å². The Kier molecular flexibility index (Phi) is 5.33. The van der Waals surface area contributed by atoms with Crippen LogP contribution in [0.1, 0.15) is 27.7 Å². The van der Waals surface area contributed by atoms with Gasteiger partial charge in [-0.2, -0.15) is 4.31 Å². The van der Waals surface area contributed by atoms with E-state index in [-0.39, 0.29) is 22.0 Å². The number of hydrogen-bond acceptors (Lipinski definition) is 3. The van der Waals surface area contributed by atoms with E-state index >= 15 is 0 Å². The molecule has 0 heterocycles. The van der Waals surface area contributed by atoms with E-state index in [0.29, 0.717) is 4.47 Å². The van der Waals surface area contributed by atoms with Crippen molar-refractivity contribution in [3.63, 3.8) is 0 Å². The summed E-state index contributed by atoms with van der Waals surface area (Å²) in [7, 11) is -2.08. The van der Waals surface area contributed by atoms with Crippen molar-refractivity contribution < 1.29 is 8.42 Å². The molecule has 0 fully saturated rings. The molecule has 1 atom stereocenters. The standard InChI is InChI=1S/C13H20Br2N2O2S/c1-8(13(2,3)4)17(5)20(18,19)12-10(15)6-9(14)7-11(12)16/h6-8H,16H2,1-5H3. The van der Waals surface area contributed by atoms with Gasteiger partial charge < -0.3 is 5.73 Å². The van der Waals surface area contributed by atoms with E-state index in [0.717, 1.165) is 4.47 Å². The molecule has 0 amide bonds. The Bertz CT molecular complexity index is 586. The fraction of sp³-hybridized carbons (Fsp3) is 0.538. The Morgan fingerprint density at radius 1 is 1.25 bits per heavy atom. The van der Waals surface area contributed by atoms with Gasteiger partial charge in [-0.3, -0.25) is 0 Å². The van der Waals surface area contributed by atoms with Gasteiger partial charge in [-0.25, -0.2) is 8.42 Å². The third kappa shape index (κ3) is 3.55. The summed E-state index contributed by atoms with van der Waals surface area (Å²) in [4.78, 5) is 0.110. The van der Waals surface area contributed by atoms with Crippen molar-refractivity contribution >= 4 is 47.6 Å². The van der Waals surface area contributed by atoms with Crippen molar-refractivity contribution in [1.82, 2.24) is 4.31 Å². The second-order valence-electron chi connectivity index (χ2n) is 5.87. The number of rotatable bonds is 3. The molecule has 20 heavy (non-hydrogen) atoms. The summed E-state index contributed by atoms with van der Waals surface area (Å²) in [6.07, 6.45) is 0. The van der Waals surface area contributed by atoms with Crippen molar-refractivity contribution in [2.45, 2.75) is 38.6 Å². The van der Waals surface area contributed by atoms with E-state index in [1.54, 1.807) is 19.2 Å². The van der Waals surface area contributed by atoms with Crippen LogP contribution in [0.25, 0.3) is 0 Å². The molecule has 1 unspecified atom stereocenters. The summed E-state index contributed by atoms with van der Waals surface area (Å²) in [6.45, 7) is 7.90. The average molecular weight is 428 g/mol. The van der Waals surface area contributed by atoms with Crippen molar-refractivity contribution in [1.29, 1.82) is 0 Å². The molecule has 1 rings (SSSR count). The van der Waals surface area contributed by atoms with Crippen LogP contribution in [0.2, 0.25) is 0 Å². The molecule has 114 valence electrons. The summed E-state index contributed by atoms with van der Waals surface area (Å²) in [5.41, 5.74) is 5.94. The predicted molar refractivity (Wildman–Crippen MR) is 90.1 cm³/mol. The zero-order chi connectivity index (χ0) is 15.9. The van der Waals surface area contributed by atoms with Crippen molar-refractivity contribution in [3.8, 4) is 0 Å². The first kappa shape index (κ1) is 17.9. The Morgan fingerprint density at radius 3 is 2.15 bits per heavy atom. The van der Waals surface area contributed by atoms with E-state index in [2.05, 4.69) is 31.9 Å². The van der Waals surface area contributed by atoms with Crippen LogP contribution in [-0.4, -0.2) is 25.8 Å². The van der Waals surface area contributed by atoms with Crippen LogP contribution in [0, 0.1) is 5.41 Å².